The van der Waals surface area contributed by atoms with Gasteiger partial charge in [-0.25, -0.2) is 0 Å². The van der Waals surface area contributed by atoms with E-state index in [0.29, 0.717) is 0 Å². The molecule has 0 radical (unpaired) electrons. The van der Waals surface area contributed by atoms with Gasteiger partial charge in [0.2, 0.25) is 0 Å². The topological polar surface area (TPSA) is 0 Å². The summed E-state index contributed by atoms with van der Waals surface area (Å²) in [6.07, 6.45) is 21.7. The zero-order valence-corrected chi connectivity index (χ0v) is 16.9. The van der Waals surface area contributed by atoms with Crippen LogP contribution < -0.4 is 0 Å². The molecule has 2 atom stereocenters. The summed E-state index contributed by atoms with van der Waals surface area (Å²) >= 11 is -1.65. The Morgan fingerprint density at radius 1 is 0.810 bits per heavy atom. The van der Waals surface area contributed by atoms with E-state index >= 15 is 0 Å². The molecular weight excluding hydrogens is 419 g/mol. The van der Waals surface area contributed by atoms with Crippen molar-refractivity contribution in [3.8, 4) is 0 Å². The van der Waals surface area contributed by atoms with Gasteiger partial charge >= 0.3 is 138 Å². The second-order valence-corrected chi connectivity index (χ2v) is 18.3. The van der Waals surface area contributed by atoms with Gasteiger partial charge in [-0.3, -0.25) is 0 Å². The SMILES string of the molecule is C[CH2][Hf]([CH]1C=CC2=C1CCCC2)[CH]1C=CC2=C1CCCC2. The predicted octanol–water partition coefficient (Wildman–Crippen LogP) is 6.50. The van der Waals surface area contributed by atoms with Crippen molar-refractivity contribution in [3.05, 3.63) is 46.6 Å². The normalized spacial score (nSPS) is 30.9. The summed E-state index contributed by atoms with van der Waals surface area (Å²) in [5.74, 6) is 0. The van der Waals surface area contributed by atoms with Crippen LogP contribution in [-0.4, -0.2) is 0 Å². The monoisotopic (exact) mass is 447 g/mol. The van der Waals surface area contributed by atoms with Gasteiger partial charge in [-0.15, -0.1) is 0 Å². The summed E-state index contributed by atoms with van der Waals surface area (Å²) in [6.45, 7) is 2.51. The van der Waals surface area contributed by atoms with Crippen molar-refractivity contribution in [3.63, 3.8) is 0 Å². The van der Waals surface area contributed by atoms with E-state index in [-0.39, 0.29) is 0 Å². The first-order chi connectivity index (χ1) is 10.4. The molecule has 0 bridgehead atoms. The van der Waals surface area contributed by atoms with Gasteiger partial charge < -0.3 is 0 Å². The molecule has 0 N–H and O–H groups in total. The number of hydrogen-bond donors (Lipinski definition) is 0. The molecule has 4 aliphatic carbocycles. The van der Waals surface area contributed by atoms with Crippen molar-refractivity contribution in [2.75, 3.05) is 0 Å². The molecule has 0 spiro atoms. The molecule has 0 aromatic heterocycles. The third kappa shape index (κ3) is 2.54. The van der Waals surface area contributed by atoms with Crippen LogP contribution in [0.4, 0.5) is 0 Å². The molecule has 21 heavy (non-hydrogen) atoms. The Bertz CT molecular complexity index is 498. The van der Waals surface area contributed by atoms with Gasteiger partial charge in [-0.2, -0.15) is 0 Å². The molecule has 0 aliphatic heterocycles. The summed E-state index contributed by atoms with van der Waals surface area (Å²) in [7, 11) is 0. The van der Waals surface area contributed by atoms with Gasteiger partial charge in [-0.1, -0.05) is 0 Å². The van der Waals surface area contributed by atoms with Crippen LogP contribution in [0.15, 0.2) is 46.6 Å². The zero-order valence-electron chi connectivity index (χ0n) is 13.3. The molecule has 0 heterocycles. The standard InChI is InChI=1S/2C9H11.C2H5.Hf/c2*1-2-5-9-7-3-6-8(9)4-1;1-2;/h2*3,6-7H,1-2,4-5H2;1H2,2H3;. The third-order valence-corrected chi connectivity index (χ3v) is 18.6. The molecule has 4 rings (SSSR count). The fourth-order valence-corrected chi connectivity index (χ4v) is 17.6. The molecule has 4 aliphatic rings. The van der Waals surface area contributed by atoms with Crippen LogP contribution in [0, 0.1) is 0 Å². The molecule has 0 amide bonds. The molecule has 0 aromatic carbocycles. The van der Waals surface area contributed by atoms with Gasteiger partial charge in [0.1, 0.15) is 0 Å². The molecule has 0 saturated heterocycles. The van der Waals surface area contributed by atoms with Crippen molar-refractivity contribution in [1.29, 1.82) is 0 Å². The molecule has 0 nitrogen and oxygen atoms in total. The molecule has 0 aromatic rings. The number of hydrogen-bond acceptors (Lipinski definition) is 0. The van der Waals surface area contributed by atoms with E-state index in [4.69, 9.17) is 0 Å². The molecule has 2 unspecified atom stereocenters. The van der Waals surface area contributed by atoms with Crippen molar-refractivity contribution in [2.24, 2.45) is 0 Å². The average molecular weight is 446 g/mol. The van der Waals surface area contributed by atoms with Crippen LogP contribution in [0.2, 0.25) is 11.5 Å². The van der Waals surface area contributed by atoms with E-state index in [1.807, 2.05) is 11.1 Å². The summed E-state index contributed by atoms with van der Waals surface area (Å²) in [5.41, 5.74) is 7.32. The van der Waals surface area contributed by atoms with Crippen LogP contribution in [0.25, 0.3) is 0 Å². The van der Waals surface area contributed by atoms with Gasteiger partial charge in [-0.05, 0) is 0 Å². The van der Waals surface area contributed by atoms with Crippen LogP contribution in [0.3, 0.4) is 0 Å². The fourth-order valence-electron chi connectivity index (χ4n) is 4.98. The van der Waals surface area contributed by atoms with Crippen molar-refractivity contribution in [2.45, 2.75) is 69.8 Å². The Morgan fingerprint density at radius 3 is 1.76 bits per heavy atom. The van der Waals surface area contributed by atoms with Crippen molar-refractivity contribution in [1.82, 2.24) is 0 Å². The Labute approximate surface area is 137 Å². The van der Waals surface area contributed by atoms with Crippen LogP contribution in [0.5, 0.6) is 0 Å². The van der Waals surface area contributed by atoms with Crippen LogP contribution in [-0.2, 0) is 21.4 Å². The van der Waals surface area contributed by atoms with Crippen molar-refractivity contribution >= 4 is 0 Å². The van der Waals surface area contributed by atoms with E-state index in [0.717, 1.165) is 7.35 Å². The Morgan fingerprint density at radius 2 is 1.29 bits per heavy atom. The van der Waals surface area contributed by atoms with Gasteiger partial charge in [0.05, 0.1) is 0 Å². The Balaban J connectivity index is 1.61. The van der Waals surface area contributed by atoms with Crippen LogP contribution in [0.1, 0.15) is 58.3 Å². The fraction of sp³-hybridized carbons (Fsp3) is 0.600. The molecule has 111 valence electrons. The molecule has 0 fully saturated rings. The average Bonchev–Trinajstić information content (AvgIpc) is 3.14. The maximum atomic E-state index is 2.65. The first-order valence-corrected chi connectivity index (χ1v) is 15.7. The second kappa shape index (κ2) is 6.14. The first-order valence-electron chi connectivity index (χ1n) is 9.04. The number of allylic oxidation sites excluding steroid dienone is 8. The summed E-state index contributed by atoms with van der Waals surface area (Å²) in [6, 6.07) is 0. The summed E-state index contributed by atoms with van der Waals surface area (Å²) in [5, 5.41) is 0. The molecule has 0 saturated carbocycles. The summed E-state index contributed by atoms with van der Waals surface area (Å²) in [4.78, 5) is 0. The van der Waals surface area contributed by atoms with Crippen LogP contribution >= 0.6 is 0 Å². The van der Waals surface area contributed by atoms with Gasteiger partial charge in [0, 0.05) is 0 Å². The number of rotatable bonds is 3. The predicted molar refractivity (Wildman–Crippen MR) is 87.2 cm³/mol. The van der Waals surface area contributed by atoms with E-state index in [1.54, 1.807) is 11.1 Å². The minimum atomic E-state index is -1.65. The van der Waals surface area contributed by atoms with E-state index in [2.05, 4.69) is 31.2 Å². The summed E-state index contributed by atoms with van der Waals surface area (Å²) < 4.78 is 3.44. The third-order valence-electron chi connectivity index (χ3n) is 6.05. The van der Waals surface area contributed by atoms with E-state index < -0.39 is 21.4 Å². The first kappa shape index (κ1) is 14.4. The maximum absolute atomic E-state index is 2.65. The Kier molecular flexibility index (Phi) is 4.22. The minimum absolute atomic E-state index is 0.957. The quantitative estimate of drug-likeness (QED) is 0.435. The second-order valence-electron chi connectivity index (χ2n) is 7.12. The van der Waals surface area contributed by atoms with Crippen molar-refractivity contribution < 1.29 is 21.4 Å². The van der Waals surface area contributed by atoms with E-state index in [1.165, 1.54) is 55.5 Å². The molecule has 1 heteroatoms. The van der Waals surface area contributed by atoms with E-state index in [9.17, 15) is 0 Å². The molecular formula is C20H27Hf. The van der Waals surface area contributed by atoms with Gasteiger partial charge in [0.25, 0.3) is 0 Å². The van der Waals surface area contributed by atoms with Gasteiger partial charge in [0.15, 0.2) is 0 Å². The zero-order chi connectivity index (χ0) is 14.2. The Hall–Kier alpha value is -0.170.